The van der Waals surface area contributed by atoms with Crippen LogP contribution in [0.25, 0.3) is 0 Å². The molecule has 3 nitrogen and oxygen atoms in total. The average molecular weight is 305 g/mol. The Morgan fingerprint density at radius 1 is 1.40 bits per heavy atom. The summed E-state index contributed by atoms with van der Waals surface area (Å²) in [5.74, 6) is -0.269. The number of hydrogen-bond acceptors (Lipinski definition) is 3. The van der Waals surface area contributed by atoms with E-state index in [0.29, 0.717) is 6.42 Å². The molecule has 0 saturated heterocycles. The molecule has 1 aromatic carbocycles. The van der Waals surface area contributed by atoms with E-state index in [1.165, 1.54) is 12.1 Å². The van der Waals surface area contributed by atoms with Gasteiger partial charge in [0.1, 0.15) is 5.82 Å². The molecule has 6 heteroatoms. The van der Waals surface area contributed by atoms with E-state index in [9.17, 15) is 4.39 Å². The van der Waals surface area contributed by atoms with Gasteiger partial charge in [-0.05, 0) is 41.4 Å². The SMILES string of the molecule is NC(=S)N1N=C(c2cccs2)C[C@H]1c1cccc(F)c1. The van der Waals surface area contributed by atoms with Crippen LogP contribution >= 0.6 is 23.6 Å². The Labute approximate surface area is 125 Å². The van der Waals surface area contributed by atoms with Crippen molar-refractivity contribution in [1.82, 2.24) is 5.01 Å². The second-order valence-electron chi connectivity index (χ2n) is 4.48. The van der Waals surface area contributed by atoms with E-state index in [1.54, 1.807) is 22.4 Å². The van der Waals surface area contributed by atoms with Gasteiger partial charge in [-0.25, -0.2) is 9.40 Å². The maximum atomic E-state index is 13.4. The third-order valence-corrected chi connectivity index (χ3v) is 4.28. The maximum absolute atomic E-state index is 13.4. The fourth-order valence-electron chi connectivity index (χ4n) is 2.28. The Morgan fingerprint density at radius 2 is 2.25 bits per heavy atom. The number of nitrogens with two attached hydrogens (primary N) is 1. The predicted molar refractivity (Wildman–Crippen MR) is 83.2 cm³/mol. The molecular formula is C14H12FN3S2. The third kappa shape index (κ3) is 2.44. The van der Waals surface area contributed by atoms with Crippen LogP contribution in [-0.2, 0) is 0 Å². The Kier molecular flexibility index (Phi) is 3.50. The molecule has 0 aliphatic carbocycles. The van der Waals surface area contributed by atoms with E-state index in [1.807, 2.05) is 23.6 Å². The van der Waals surface area contributed by atoms with E-state index in [0.717, 1.165) is 16.2 Å². The molecule has 0 unspecified atom stereocenters. The molecule has 1 aromatic heterocycles. The Bertz CT molecular complexity index is 667. The summed E-state index contributed by atoms with van der Waals surface area (Å²) >= 11 is 6.67. The summed E-state index contributed by atoms with van der Waals surface area (Å²) in [5, 5.41) is 8.28. The lowest BCUT2D eigenvalue weighted by Gasteiger charge is -2.21. The summed E-state index contributed by atoms with van der Waals surface area (Å²) in [4.78, 5) is 1.09. The summed E-state index contributed by atoms with van der Waals surface area (Å²) < 4.78 is 13.4. The second kappa shape index (κ2) is 5.30. The number of thiophene rings is 1. The van der Waals surface area contributed by atoms with Gasteiger partial charge in [-0.1, -0.05) is 18.2 Å². The number of hydrazone groups is 1. The first kappa shape index (κ1) is 13.2. The van der Waals surface area contributed by atoms with E-state index in [4.69, 9.17) is 18.0 Å². The summed E-state index contributed by atoms with van der Waals surface area (Å²) in [6, 6.07) is 10.3. The molecule has 2 aromatic rings. The van der Waals surface area contributed by atoms with Crippen molar-refractivity contribution >= 4 is 34.4 Å². The van der Waals surface area contributed by atoms with Crippen molar-refractivity contribution in [1.29, 1.82) is 0 Å². The topological polar surface area (TPSA) is 41.6 Å². The highest BCUT2D eigenvalue weighted by atomic mass is 32.1. The molecule has 1 aliphatic rings. The molecule has 102 valence electrons. The van der Waals surface area contributed by atoms with Crippen LogP contribution in [0.5, 0.6) is 0 Å². The highest BCUT2D eigenvalue weighted by Crippen LogP contribution is 2.33. The first-order chi connectivity index (χ1) is 9.65. The van der Waals surface area contributed by atoms with Gasteiger partial charge in [-0.15, -0.1) is 11.3 Å². The molecule has 20 heavy (non-hydrogen) atoms. The minimum atomic E-state index is -0.269. The minimum absolute atomic E-state index is 0.139. The monoisotopic (exact) mass is 305 g/mol. The normalized spacial score (nSPS) is 18.1. The van der Waals surface area contributed by atoms with Crippen molar-refractivity contribution in [2.75, 3.05) is 0 Å². The van der Waals surface area contributed by atoms with Crippen LogP contribution in [0.2, 0.25) is 0 Å². The van der Waals surface area contributed by atoms with Crippen LogP contribution in [0.1, 0.15) is 22.9 Å². The maximum Gasteiger partial charge on any atom is 0.187 e. The number of thiocarbonyl (C=S) groups is 1. The number of halogens is 1. The number of benzene rings is 1. The molecule has 0 fully saturated rings. The van der Waals surface area contributed by atoms with Crippen molar-refractivity contribution in [3.8, 4) is 0 Å². The zero-order valence-corrected chi connectivity index (χ0v) is 12.1. The molecule has 0 bridgehead atoms. The largest absolute Gasteiger partial charge is 0.375 e. The van der Waals surface area contributed by atoms with Gasteiger partial charge in [0.25, 0.3) is 0 Å². The van der Waals surface area contributed by atoms with Gasteiger partial charge < -0.3 is 5.73 Å². The van der Waals surface area contributed by atoms with Gasteiger partial charge in [0.05, 0.1) is 16.6 Å². The van der Waals surface area contributed by atoms with Crippen LogP contribution in [0.3, 0.4) is 0 Å². The van der Waals surface area contributed by atoms with Crippen LogP contribution in [0.4, 0.5) is 4.39 Å². The Morgan fingerprint density at radius 3 is 2.90 bits per heavy atom. The molecule has 1 aliphatic heterocycles. The minimum Gasteiger partial charge on any atom is -0.375 e. The molecule has 2 heterocycles. The summed E-state index contributed by atoms with van der Waals surface area (Å²) in [7, 11) is 0. The Balaban J connectivity index is 1.95. The first-order valence-corrected chi connectivity index (χ1v) is 7.39. The molecule has 1 atom stereocenters. The first-order valence-electron chi connectivity index (χ1n) is 6.10. The zero-order chi connectivity index (χ0) is 14.1. The van der Waals surface area contributed by atoms with Crippen molar-refractivity contribution in [2.45, 2.75) is 12.5 Å². The standard InChI is InChI=1S/C14H12FN3S2/c15-10-4-1-3-9(7-10)12-8-11(13-5-2-6-20-13)17-18(12)14(16)19/h1-7,12H,8H2,(H2,16,19)/t12-/m0/s1. The Hall–Kier alpha value is -1.79. The lowest BCUT2D eigenvalue weighted by Crippen LogP contribution is -2.31. The average Bonchev–Trinajstić information content (AvgIpc) is 3.08. The predicted octanol–water partition coefficient (Wildman–Crippen LogP) is 3.28. The summed E-state index contributed by atoms with van der Waals surface area (Å²) in [6.45, 7) is 0. The van der Waals surface area contributed by atoms with Crippen LogP contribution < -0.4 is 5.73 Å². The van der Waals surface area contributed by atoms with Gasteiger partial charge in [-0.2, -0.15) is 5.10 Å². The van der Waals surface area contributed by atoms with E-state index >= 15 is 0 Å². The summed E-state index contributed by atoms with van der Waals surface area (Å²) in [6.07, 6.45) is 0.668. The van der Waals surface area contributed by atoms with E-state index in [-0.39, 0.29) is 17.0 Å². The highest BCUT2D eigenvalue weighted by molar-refractivity contribution is 7.80. The van der Waals surface area contributed by atoms with E-state index in [2.05, 4.69) is 5.10 Å². The van der Waals surface area contributed by atoms with Crippen LogP contribution in [-0.4, -0.2) is 15.8 Å². The fourth-order valence-corrected chi connectivity index (χ4v) is 3.17. The van der Waals surface area contributed by atoms with Crippen molar-refractivity contribution < 1.29 is 4.39 Å². The van der Waals surface area contributed by atoms with Crippen molar-refractivity contribution in [3.63, 3.8) is 0 Å². The van der Waals surface area contributed by atoms with E-state index < -0.39 is 0 Å². The zero-order valence-electron chi connectivity index (χ0n) is 10.5. The molecule has 0 amide bonds. The van der Waals surface area contributed by atoms with Gasteiger partial charge >= 0.3 is 0 Å². The summed E-state index contributed by atoms with van der Waals surface area (Å²) in [5.41, 5.74) is 7.50. The van der Waals surface area contributed by atoms with Gasteiger partial charge in [0, 0.05) is 6.42 Å². The van der Waals surface area contributed by atoms with Crippen molar-refractivity contribution in [2.24, 2.45) is 10.8 Å². The lowest BCUT2D eigenvalue weighted by molar-refractivity contribution is 0.371. The number of hydrogen-bond donors (Lipinski definition) is 1. The molecule has 0 spiro atoms. The highest BCUT2D eigenvalue weighted by Gasteiger charge is 2.30. The number of nitrogens with zero attached hydrogens (tertiary/aromatic N) is 2. The molecule has 3 rings (SSSR count). The molecular weight excluding hydrogens is 293 g/mol. The van der Waals surface area contributed by atoms with Crippen molar-refractivity contribution in [3.05, 3.63) is 58.0 Å². The third-order valence-electron chi connectivity index (χ3n) is 3.18. The molecule has 0 radical (unpaired) electrons. The molecule has 2 N–H and O–H groups in total. The molecule has 0 saturated carbocycles. The lowest BCUT2D eigenvalue weighted by atomic mass is 10.0. The smallest absolute Gasteiger partial charge is 0.187 e. The number of rotatable bonds is 2. The van der Waals surface area contributed by atoms with Crippen LogP contribution in [0.15, 0.2) is 46.9 Å². The van der Waals surface area contributed by atoms with Gasteiger partial charge in [0.15, 0.2) is 5.11 Å². The quantitative estimate of drug-likeness (QED) is 0.866. The van der Waals surface area contributed by atoms with Gasteiger partial charge in [0.2, 0.25) is 0 Å². The van der Waals surface area contributed by atoms with Crippen LogP contribution in [0, 0.1) is 5.82 Å². The second-order valence-corrected chi connectivity index (χ2v) is 5.85. The van der Waals surface area contributed by atoms with Gasteiger partial charge in [-0.3, -0.25) is 0 Å². The fraction of sp³-hybridized carbons (Fsp3) is 0.143.